The van der Waals surface area contributed by atoms with Crippen molar-refractivity contribution in [3.8, 4) is 10.6 Å². The number of fused-ring (bicyclic) bond motifs is 1. The van der Waals surface area contributed by atoms with E-state index in [0.717, 1.165) is 27.7 Å². The summed E-state index contributed by atoms with van der Waals surface area (Å²) in [5.74, 6) is -40.1. The van der Waals surface area contributed by atoms with Crippen LogP contribution in [0, 0.1) is 6.92 Å². The lowest BCUT2D eigenvalue weighted by Crippen LogP contribution is -2.70. The topological polar surface area (TPSA) is 42.0 Å². The molecule has 3 aromatic rings. The minimum Gasteiger partial charge on any atom is -0.321 e. The van der Waals surface area contributed by atoms with Gasteiger partial charge < -0.3 is 5.32 Å². The lowest BCUT2D eigenvalue weighted by atomic mass is 9.94. The summed E-state index contributed by atoms with van der Waals surface area (Å²) in [7, 11) is 0. The first-order valence-corrected chi connectivity index (χ1v) is 10.6. The zero-order chi connectivity index (χ0) is 28.2. The van der Waals surface area contributed by atoms with Crippen LogP contribution in [0.15, 0.2) is 42.5 Å². The van der Waals surface area contributed by atoms with E-state index in [4.69, 9.17) is 0 Å². The van der Waals surface area contributed by atoms with E-state index in [-0.39, 0.29) is 0 Å². The van der Waals surface area contributed by atoms with Gasteiger partial charge in [0, 0.05) is 11.3 Å². The Morgan fingerprint density at radius 1 is 0.838 bits per heavy atom. The van der Waals surface area contributed by atoms with Crippen molar-refractivity contribution in [3.63, 3.8) is 0 Å². The molecule has 0 aliphatic heterocycles. The fourth-order valence-electron chi connectivity index (χ4n) is 2.94. The highest BCUT2D eigenvalue weighted by Gasteiger charge is 2.89. The number of aromatic nitrogens is 1. The Bertz CT molecular complexity index is 1300. The molecule has 1 N–H and O–H groups in total. The highest BCUT2D eigenvalue weighted by Crippen LogP contribution is 2.58. The number of carbonyl (C=O) groups excluding carboxylic acids is 1. The molecule has 0 aliphatic carbocycles. The number of rotatable bonds is 8. The van der Waals surface area contributed by atoms with Gasteiger partial charge >= 0.3 is 41.9 Å². The number of alkyl halides is 12. The predicted octanol–water partition coefficient (Wildman–Crippen LogP) is 7.65. The van der Waals surface area contributed by atoms with Crippen molar-refractivity contribution in [2.45, 2.75) is 43.0 Å². The lowest BCUT2D eigenvalue weighted by molar-refractivity contribution is -0.406. The molecular formula is C21H12F12N2OS. The maximum atomic E-state index is 14.0. The molecule has 2 aromatic carbocycles. The van der Waals surface area contributed by atoms with Crippen molar-refractivity contribution in [3.05, 3.63) is 48.0 Å². The summed E-state index contributed by atoms with van der Waals surface area (Å²) in [5, 5.41) is 1.50. The van der Waals surface area contributed by atoms with Crippen molar-refractivity contribution < 1.29 is 57.5 Å². The van der Waals surface area contributed by atoms with Crippen molar-refractivity contribution in [2.75, 3.05) is 5.32 Å². The van der Waals surface area contributed by atoms with Gasteiger partial charge in [0.25, 0.3) is 0 Å². The van der Waals surface area contributed by atoms with E-state index >= 15 is 0 Å². The molecule has 0 bridgehead atoms. The molecule has 16 heteroatoms. The molecule has 0 fully saturated rings. The van der Waals surface area contributed by atoms with Crippen molar-refractivity contribution >= 4 is 33.1 Å². The SMILES string of the molecule is Cc1ccc2nc(-c3ccc(NC(=O)C(F)(F)C(F)(F)C(F)(F)C(F)(F)C(F)(F)C(F)F)cc3)sc2c1. The molecule has 0 atom stereocenters. The summed E-state index contributed by atoms with van der Waals surface area (Å²) >= 11 is 1.21. The fourth-order valence-corrected chi connectivity index (χ4v) is 4.01. The second kappa shape index (κ2) is 9.06. The predicted molar refractivity (Wildman–Crippen MR) is 109 cm³/mol. The second-order valence-corrected chi connectivity index (χ2v) is 8.77. The number of anilines is 1. The Morgan fingerprint density at radius 2 is 1.41 bits per heavy atom. The van der Waals surface area contributed by atoms with Gasteiger partial charge in [0.15, 0.2) is 0 Å². The number of thiazole rings is 1. The summed E-state index contributed by atoms with van der Waals surface area (Å²) in [5.41, 5.74) is 1.20. The van der Waals surface area contributed by atoms with Gasteiger partial charge in [0.2, 0.25) is 0 Å². The summed E-state index contributed by atoms with van der Waals surface area (Å²) in [6.07, 6.45) is -5.62. The standard InChI is InChI=1S/C21H12F12N2OS/c1-9-2-7-12-13(8-9)37-14(35-12)10-3-5-11(6-4-10)34-16(36)18(26,27)20(30,31)21(32,33)19(28,29)17(24,25)15(22)23/h2-8,15H,1H3,(H,34,36). The smallest absolute Gasteiger partial charge is 0.321 e. The van der Waals surface area contributed by atoms with Gasteiger partial charge in [-0.2, -0.15) is 43.9 Å². The molecule has 3 rings (SSSR count). The number of hydrogen-bond donors (Lipinski definition) is 1. The maximum Gasteiger partial charge on any atom is 0.393 e. The van der Waals surface area contributed by atoms with E-state index in [0.29, 0.717) is 16.1 Å². The van der Waals surface area contributed by atoms with Gasteiger partial charge in [0.1, 0.15) is 5.01 Å². The zero-order valence-corrected chi connectivity index (χ0v) is 18.7. The molecular weight excluding hydrogens is 556 g/mol. The van der Waals surface area contributed by atoms with E-state index in [2.05, 4.69) is 4.98 Å². The van der Waals surface area contributed by atoms with Crippen LogP contribution in [0.25, 0.3) is 20.8 Å². The van der Waals surface area contributed by atoms with Gasteiger partial charge in [-0.05, 0) is 48.9 Å². The summed E-state index contributed by atoms with van der Waals surface area (Å²) in [6, 6.07) is 9.38. The van der Waals surface area contributed by atoms with Crippen molar-refractivity contribution in [1.29, 1.82) is 0 Å². The largest absolute Gasteiger partial charge is 0.393 e. The first-order chi connectivity index (χ1) is 16.8. The number of benzene rings is 2. The number of nitrogens with zero attached hydrogens (tertiary/aromatic N) is 1. The van der Waals surface area contributed by atoms with Gasteiger partial charge in [-0.15, -0.1) is 11.3 Å². The number of halogens is 12. The molecule has 0 radical (unpaired) electrons. The first-order valence-electron chi connectivity index (χ1n) is 9.73. The van der Waals surface area contributed by atoms with Gasteiger partial charge in [0.05, 0.1) is 10.2 Å². The normalized spacial score (nSPS) is 13.9. The van der Waals surface area contributed by atoms with E-state index in [1.54, 1.807) is 12.1 Å². The Balaban J connectivity index is 1.85. The minimum absolute atomic E-state index is 0.356. The van der Waals surface area contributed by atoms with Gasteiger partial charge in [-0.3, -0.25) is 4.79 Å². The third kappa shape index (κ3) is 4.48. The average Bonchev–Trinajstić information content (AvgIpc) is 3.22. The molecule has 37 heavy (non-hydrogen) atoms. The molecule has 0 spiro atoms. The first kappa shape index (κ1) is 28.5. The summed E-state index contributed by atoms with van der Waals surface area (Å²) in [6.45, 7) is 1.83. The minimum atomic E-state index is -7.78. The number of amides is 1. The summed E-state index contributed by atoms with van der Waals surface area (Å²) in [4.78, 5) is 16.0. The van der Waals surface area contributed by atoms with Crippen LogP contribution < -0.4 is 5.32 Å². The molecule has 0 saturated heterocycles. The van der Waals surface area contributed by atoms with Crippen LogP contribution >= 0.6 is 11.3 Å². The summed E-state index contributed by atoms with van der Waals surface area (Å²) < 4.78 is 160. The third-order valence-electron chi connectivity index (χ3n) is 5.09. The molecule has 1 aromatic heterocycles. The lowest BCUT2D eigenvalue weighted by Gasteiger charge is -2.38. The molecule has 1 heterocycles. The van der Waals surface area contributed by atoms with E-state index in [1.165, 1.54) is 23.5 Å². The monoisotopic (exact) mass is 568 g/mol. The van der Waals surface area contributed by atoms with E-state index in [1.807, 2.05) is 13.0 Å². The van der Waals surface area contributed by atoms with Crippen LogP contribution in [-0.2, 0) is 4.79 Å². The molecule has 1 amide bonds. The number of nitrogens with one attached hydrogen (secondary N) is 1. The van der Waals surface area contributed by atoms with Crippen LogP contribution in [0.2, 0.25) is 0 Å². The number of aryl methyl sites for hydroxylation is 1. The molecule has 3 nitrogen and oxygen atoms in total. The van der Waals surface area contributed by atoms with Gasteiger partial charge in [-0.25, -0.2) is 13.8 Å². The Hall–Kier alpha value is -3.04. The highest BCUT2D eigenvalue weighted by molar-refractivity contribution is 7.21. The van der Waals surface area contributed by atoms with E-state index < -0.39 is 47.6 Å². The van der Waals surface area contributed by atoms with Crippen LogP contribution in [-0.4, -0.2) is 46.9 Å². The molecule has 0 unspecified atom stereocenters. The number of carbonyl (C=O) groups is 1. The zero-order valence-electron chi connectivity index (χ0n) is 17.9. The molecule has 202 valence electrons. The maximum absolute atomic E-state index is 14.0. The Morgan fingerprint density at radius 3 is 1.95 bits per heavy atom. The second-order valence-electron chi connectivity index (χ2n) is 7.74. The Kier molecular flexibility index (Phi) is 6.99. The number of hydrogen-bond acceptors (Lipinski definition) is 3. The van der Waals surface area contributed by atoms with Crippen LogP contribution in [0.5, 0.6) is 0 Å². The Labute approximate surface area is 203 Å². The van der Waals surface area contributed by atoms with Crippen molar-refractivity contribution in [1.82, 2.24) is 4.98 Å². The van der Waals surface area contributed by atoms with Gasteiger partial charge in [-0.1, -0.05) is 6.07 Å². The van der Waals surface area contributed by atoms with Crippen LogP contribution in [0.1, 0.15) is 5.56 Å². The molecule has 0 aliphatic rings. The van der Waals surface area contributed by atoms with E-state index in [9.17, 15) is 57.5 Å². The van der Waals surface area contributed by atoms with Crippen LogP contribution in [0.3, 0.4) is 0 Å². The quantitative estimate of drug-likeness (QED) is 0.284. The average molecular weight is 568 g/mol. The van der Waals surface area contributed by atoms with Crippen LogP contribution in [0.4, 0.5) is 58.4 Å². The fraction of sp³-hybridized carbons (Fsp3) is 0.333. The third-order valence-corrected chi connectivity index (χ3v) is 6.16. The van der Waals surface area contributed by atoms with Crippen molar-refractivity contribution in [2.24, 2.45) is 0 Å². The highest BCUT2D eigenvalue weighted by atomic mass is 32.1. The molecule has 0 saturated carbocycles.